The maximum Gasteiger partial charge on any atom is 0.340 e. The molecule has 11 heteroatoms. The number of thioether (sulfide) groups is 1. The van der Waals surface area contributed by atoms with Crippen LogP contribution in [0.1, 0.15) is 17.3 Å². The van der Waals surface area contributed by atoms with Crippen molar-refractivity contribution in [3.8, 4) is 11.5 Å². The van der Waals surface area contributed by atoms with Gasteiger partial charge in [0.1, 0.15) is 5.56 Å². The second-order valence-electron chi connectivity index (χ2n) is 5.75. The average molecular weight is 428 g/mol. The number of nitrogens with zero attached hydrogens (tertiary/aromatic N) is 3. The van der Waals surface area contributed by atoms with Gasteiger partial charge in [-0.05, 0) is 25.1 Å². The van der Waals surface area contributed by atoms with E-state index in [1.54, 1.807) is 37.3 Å². The minimum atomic E-state index is -0.541. The molecule has 0 saturated heterocycles. The summed E-state index contributed by atoms with van der Waals surface area (Å²) in [4.78, 5) is 34.8. The van der Waals surface area contributed by atoms with Crippen LogP contribution >= 0.6 is 11.8 Å². The lowest BCUT2D eigenvalue weighted by Crippen LogP contribution is -2.17. The molecule has 0 atom stereocenters. The number of amides is 1. The minimum Gasteiger partial charge on any atom is -0.462 e. The molecule has 0 aliphatic heterocycles. The number of esters is 1. The summed E-state index contributed by atoms with van der Waals surface area (Å²) in [5.41, 5.74) is 0.600. The molecule has 1 N–H and O–H groups in total. The van der Waals surface area contributed by atoms with Crippen molar-refractivity contribution in [3.05, 3.63) is 64.2 Å². The first-order chi connectivity index (χ1) is 14.5. The van der Waals surface area contributed by atoms with Gasteiger partial charge in [-0.1, -0.05) is 36.0 Å². The van der Waals surface area contributed by atoms with Crippen molar-refractivity contribution >= 4 is 35.0 Å². The van der Waals surface area contributed by atoms with Crippen LogP contribution in [0, 0.1) is 10.1 Å². The number of anilines is 1. The summed E-state index contributed by atoms with van der Waals surface area (Å²) >= 11 is 0.964. The molecular formula is C19H16N4O6S. The Morgan fingerprint density at radius 1 is 1.17 bits per heavy atom. The largest absolute Gasteiger partial charge is 0.462 e. The highest BCUT2D eigenvalue weighted by atomic mass is 32.2. The molecule has 3 rings (SSSR count). The molecule has 3 aromatic rings. The number of benzene rings is 2. The van der Waals surface area contributed by atoms with Crippen LogP contribution in [0.15, 0.2) is 58.2 Å². The molecule has 30 heavy (non-hydrogen) atoms. The van der Waals surface area contributed by atoms with Gasteiger partial charge in [0.25, 0.3) is 16.8 Å². The Balaban J connectivity index is 1.65. The van der Waals surface area contributed by atoms with Crippen LogP contribution in [0.25, 0.3) is 11.5 Å². The molecule has 0 aliphatic rings. The Bertz CT molecular complexity index is 1080. The van der Waals surface area contributed by atoms with Crippen molar-refractivity contribution in [1.29, 1.82) is 0 Å². The number of nitrogens with one attached hydrogen (secondary N) is 1. The highest BCUT2D eigenvalue weighted by Crippen LogP contribution is 2.30. The molecular weight excluding hydrogens is 412 g/mol. The predicted octanol–water partition coefficient (Wildman–Crippen LogP) is 3.55. The lowest BCUT2D eigenvalue weighted by atomic mass is 10.2. The average Bonchev–Trinajstić information content (AvgIpc) is 3.22. The van der Waals surface area contributed by atoms with Gasteiger partial charge in [-0.25, -0.2) is 4.79 Å². The molecule has 0 unspecified atom stereocenters. The van der Waals surface area contributed by atoms with E-state index in [1.165, 1.54) is 18.2 Å². The number of carbonyl (C=O) groups is 2. The summed E-state index contributed by atoms with van der Waals surface area (Å²) in [5.74, 6) is -1.03. The molecule has 1 heterocycles. The second kappa shape index (κ2) is 9.65. The van der Waals surface area contributed by atoms with E-state index in [9.17, 15) is 19.7 Å². The van der Waals surface area contributed by atoms with Crippen LogP contribution in [0.3, 0.4) is 0 Å². The fourth-order valence-corrected chi connectivity index (χ4v) is 3.05. The van der Waals surface area contributed by atoms with Gasteiger partial charge in [0.05, 0.1) is 28.5 Å². The fraction of sp³-hybridized carbons (Fsp3) is 0.158. The van der Waals surface area contributed by atoms with E-state index in [-0.39, 0.29) is 40.3 Å². The molecule has 0 saturated carbocycles. The van der Waals surface area contributed by atoms with Gasteiger partial charge in [-0.2, -0.15) is 0 Å². The third-order valence-electron chi connectivity index (χ3n) is 3.76. The number of hydrogen-bond acceptors (Lipinski definition) is 9. The van der Waals surface area contributed by atoms with Crippen LogP contribution in [0.2, 0.25) is 0 Å². The van der Waals surface area contributed by atoms with Gasteiger partial charge in [0.2, 0.25) is 5.91 Å². The van der Waals surface area contributed by atoms with Gasteiger partial charge >= 0.3 is 5.97 Å². The van der Waals surface area contributed by atoms with Gasteiger partial charge in [-0.3, -0.25) is 14.9 Å². The highest BCUT2D eigenvalue weighted by Gasteiger charge is 2.20. The van der Waals surface area contributed by atoms with Gasteiger partial charge in [0, 0.05) is 6.07 Å². The monoisotopic (exact) mass is 428 g/mol. The van der Waals surface area contributed by atoms with Gasteiger partial charge in [-0.15, -0.1) is 10.2 Å². The van der Waals surface area contributed by atoms with E-state index >= 15 is 0 Å². The van der Waals surface area contributed by atoms with E-state index in [0.717, 1.165) is 11.8 Å². The Morgan fingerprint density at radius 2 is 1.90 bits per heavy atom. The summed E-state index contributed by atoms with van der Waals surface area (Å²) in [6.45, 7) is 1.91. The predicted molar refractivity (Wildman–Crippen MR) is 108 cm³/mol. The molecule has 0 radical (unpaired) electrons. The zero-order chi connectivity index (χ0) is 21.5. The fourth-order valence-electron chi connectivity index (χ4n) is 2.48. The molecule has 154 valence electrons. The number of hydrogen-bond donors (Lipinski definition) is 1. The maximum atomic E-state index is 12.3. The van der Waals surface area contributed by atoms with Crippen LogP contribution in [0.4, 0.5) is 11.4 Å². The quantitative estimate of drug-likeness (QED) is 0.247. The van der Waals surface area contributed by atoms with E-state index in [1.807, 2.05) is 0 Å². The first-order valence-corrected chi connectivity index (χ1v) is 9.74. The Hall–Kier alpha value is -3.73. The van der Waals surface area contributed by atoms with Crippen LogP contribution in [-0.4, -0.2) is 39.4 Å². The van der Waals surface area contributed by atoms with Crippen LogP contribution in [0.5, 0.6) is 0 Å². The summed E-state index contributed by atoms with van der Waals surface area (Å²) in [7, 11) is 0. The lowest BCUT2D eigenvalue weighted by Gasteiger charge is -2.09. The molecule has 10 nitrogen and oxygen atoms in total. The third-order valence-corrected chi connectivity index (χ3v) is 4.58. The van der Waals surface area contributed by atoms with Gasteiger partial charge < -0.3 is 14.5 Å². The Kier molecular flexibility index (Phi) is 6.75. The Labute approximate surface area is 174 Å². The standard InChI is InChI=1S/C19H16N4O6S/c1-2-28-18(25)12-7-3-5-9-14(12)20-16(24)11-30-19-22-21-17(29-19)13-8-4-6-10-15(13)23(26)27/h3-10H,2,11H2,1H3,(H,20,24). The minimum absolute atomic E-state index is 0.0159. The highest BCUT2D eigenvalue weighted by molar-refractivity contribution is 7.99. The Morgan fingerprint density at radius 3 is 2.67 bits per heavy atom. The second-order valence-corrected chi connectivity index (χ2v) is 6.68. The van der Waals surface area contributed by atoms with E-state index < -0.39 is 16.8 Å². The zero-order valence-electron chi connectivity index (χ0n) is 15.7. The molecule has 1 aromatic heterocycles. The number of para-hydroxylation sites is 2. The van der Waals surface area contributed by atoms with E-state index in [2.05, 4.69) is 15.5 Å². The molecule has 0 spiro atoms. The zero-order valence-corrected chi connectivity index (χ0v) is 16.5. The van der Waals surface area contributed by atoms with Crippen molar-refractivity contribution in [3.63, 3.8) is 0 Å². The number of rotatable bonds is 8. The molecule has 0 aliphatic carbocycles. The maximum absolute atomic E-state index is 12.3. The topological polar surface area (TPSA) is 137 Å². The smallest absolute Gasteiger partial charge is 0.340 e. The molecule has 0 fully saturated rings. The normalized spacial score (nSPS) is 10.4. The van der Waals surface area contributed by atoms with Crippen molar-refractivity contribution in [2.24, 2.45) is 0 Å². The molecule has 1 amide bonds. The number of nitro groups is 1. The first kappa shape index (κ1) is 21.0. The number of carbonyl (C=O) groups excluding carboxylic acids is 2. The molecule has 2 aromatic carbocycles. The number of aromatic nitrogens is 2. The summed E-state index contributed by atoms with van der Waals surface area (Å²) in [6.07, 6.45) is 0. The SMILES string of the molecule is CCOC(=O)c1ccccc1NC(=O)CSc1nnc(-c2ccccc2[N+](=O)[O-])o1. The summed E-state index contributed by atoms with van der Waals surface area (Å²) < 4.78 is 10.4. The van der Waals surface area contributed by atoms with Crippen LogP contribution in [-0.2, 0) is 9.53 Å². The van der Waals surface area contributed by atoms with Crippen molar-refractivity contribution < 1.29 is 23.7 Å². The lowest BCUT2D eigenvalue weighted by molar-refractivity contribution is -0.384. The summed E-state index contributed by atoms with van der Waals surface area (Å²) in [5, 5.41) is 21.5. The van der Waals surface area contributed by atoms with E-state index in [4.69, 9.17) is 9.15 Å². The van der Waals surface area contributed by atoms with Crippen molar-refractivity contribution in [2.45, 2.75) is 12.1 Å². The van der Waals surface area contributed by atoms with Crippen molar-refractivity contribution in [1.82, 2.24) is 10.2 Å². The van der Waals surface area contributed by atoms with Crippen molar-refractivity contribution in [2.75, 3.05) is 17.7 Å². The van der Waals surface area contributed by atoms with Crippen LogP contribution < -0.4 is 5.32 Å². The summed E-state index contributed by atoms with van der Waals surface area (Å²) in [6, 6.07) is 12.5. The molecule has 0 bridgehead atoms. The van der Waals surface area contributed by atoms with Gasteiger partial charge in [0.15, 0.2) is 0 Å². The third kappa shape index (κ3) is 5.00. The number of nitro benzene ring substituents is 1. The first-order valence-electron chi connectivity index (χ1n) is 8.75. The van der Waals surface area contributed by atoms with E-state index in [0.29, 0.717) is 5.69 Å². The number of ether oxygens (including phenoxy) is 1.